The fraction of sp³-hybridized carbons (Fsp3) is 0.583. The molecule has 0 spiro atoms. The van der Waals surface area contributed by atoms with Crippen LogP contribution in [0.4, 0.5) is 0 Å². The molecule has 0 aliphatic rings. The van der Waals surface area contributed by atoms with Crippen molar-refractivity contribution in [3.63, 3.8) is 0 Å². The average Bonchev–Trinajstić information content (AvgIpc) is 3.16. The molecule has 1 aromatic carbocycles. The normalized spacial score (nSPS) is 9.52. The minimum Gasteiger partial charge on any atom is -0.349 e. The van der Waals surface area contributed by atoms with Gasteiger partial charge in [0.15, 0.2) is 5.78 Å². The van der Waals surface area contributed by atoms with Crippen LogP contribution in [0, 0.1) is 18.8 Å². The molecule has 0 atom stereocenters. The van der Waals surface area contributed by atoms with Crippen LogP contribution in [0.1, 0.15) is 59.7 Å². The Bertz CT molecular complexity index is 694. The van der Waals surface area contributed by atoms with E-state index in [4.69, 9.17) is 0 Å². The third-order valence-corrected chi connectivity index (χ3v) is 3.29. The van der Waals surface area contributed by atoms with E-state index in [2.05, 4.69) is 60.8 Å². The minimum atomic E-state index is -0.106. The highest BCUT2D eigenvalue weighted by atomic mass is 16.2. The lowest BCUT2D eigenvalue weighted by Crippen LogP contribution is -2.31. The summed E-state index contributed by atoms with van der Waals surface area (Å²) in [5, 5.41) is 13.2. The SMILES string of the molecule is CC.CC(C)C.CNCC(=O)NCc1cn(CC(=O)C(C)C)nn1.Cc1ccccc1. The summed E-state index contributed by atoms with van der Waals surface area (Å²) >= 11 is 0. The highest BCUT2D eigenvalue weighted by Gasteiger charge is 2.10. The number of benzene rings is 1. The zero-order valence-electron chi connectivity index (χ0n) is 20.9. The standard InChI is InChI=1S/C11H19N5O2.C7H8.C4H10.C2H6/c1-8(2)10(17)7-16-6-9(14-15-16)4-13-11(18)5-12-3;1-7-5-3-2-4-6-7;1-4(2)3;1-2/h6,8,12H,4-5,7H2,1-3H3,(H,13,18);2-6H,1H3;4H,1-3H3;1-2H3. The minimum absolute atomic E-state index is 0.0204. The monoisotopic (exact) mass is 433 g/mol. The maximum atomic E-state index is 11.5. The number of hydrogen-bond acceptors (Lipinski definition) is 5. The van der Waals surface area contributed by atoms with E-state index >= 15 is 0 Å². The van der Waals surface area contributed by atoms with Crippen LogP contribution < -0.4 is 10.6 Å². The number of likely N-dealkylation sites (N-methyl/N-ethyl adjacent to an activating group) is 1. The summed E-state index contributed by atoms with van der Waals surface area (Å²) in [4.78, 5) is 22.7. The van der Waals surface area contributed by atoms with Crippen molar-refractivity contribution in [3.05, 3.63) is 47.8 Å². The maximum absolute atomic E-state index is 11.5. The number of hydrogen-bond donors (Lipinski definition) is 2. The number of ketones is 1. The van der Waals surface area contributed by atoms with Gasteiger partial charge in [0.25, 0.3) is 0 Å². The number of Topliss-reactive ketones (excluding diaryl/α,β-unsaturated/α-hetero) is 1. The zero-order valence-corrected chi connectivity index (χ0v) is 20.9. The number of rotatable bonds is 7. The van der Waals surface area contributed by atoms with Gasteiger partial charge in [0.1, 0.15) is 12.2 Å². The molecule has 1 heterocycles. The molecule has 2 aromatic rings. The third kappa shape index (κ3) is 19.2. The Hall–Kier alpha value is -2.54. The topological polar surface area (TPSA) is 88.9 Å². The van der Waals surface area contributed by atoms with Crippen LogP contribution in [0.3, 0.4) is 0 Å². The van der Waals surface area contributed by atoms with Gasteiger partial charge in [0.05, 0.1) is 19.3 Å². The first-order valence-corrected chi connectivity index (χ1v) is 11.0. The van der Waals surface area contributed by atoms with Crippen LogP contribution in [0.25, 0.3) is 0 Å². The average molecular weight is 434 g/mol. The van der Waals surface area contributed by atoms with Gasteiger partial charge in [0.2, 0.25) is 5.91 Å². The smallest absolute Gasteiger partial charge is 0.234 e. The van der Waals surface area contributed by atoms with Gasteiger partial charge in [-0.25, -0.2) is 4.68 Å². The molecule has 0 aliphatic carbocycles. The van der Waals surface area contributed by atoms with E-state index in [1.165, 1.54) is 10.2 Å². The highest BCUT2D eigenvalue weighted by molar-refractivity contribution is 5.80. The van der Waals surface area contributed by atoms with E-state index in [0.717, 1.165) is 5.92 Å². The van der Waals surface area contributed by atoms with Gasteiger partial charge in [-0.3, -0.25) is 9.59 Å². The molecule has 0 saturated heterocycles. The van der Waals surface area contributed by atoms with Crippen LogP contribution >= 0.6 is 0 Å². The maximum Gasteiger partial charge on any atom is 0.234 e. The summed E-state index contributed by atoms with van der Waals surface area (Å²) in [6.07, 6.45) is 1.67. The van der Waals surface area contributed by atoms with Gasteiger partial charge in [-0.05, 0) is 19.9 Å². The van der Waals surface area contributed by atoms with Gasteiger partial charge in [-0.1, -0.05) is 89.6 Å². The number of nitrogens with one attached hydrogen (secondary N) is 2. The molecule has 0 fully saturated rings. The van der Waals surface area contributed by atoms with E-state index in [-0.39, 0.29) is 30.7 Å². The summed E-state index contributed by atoms with van der Waals surface area (Å²) in [6, 6.07) is 10.3. The van der Waals surface area contributed by atoms with Crippen molar-refractivity contribution in [3.8, 4) is 0 Å². The molecule has 0 bridgehead atoms. The van der Waals surface area contributed by atoms with Crippen molar-refractivity contribution in [2.45, 2.75) is 68.5 Å². The Kier molecular flexibility index (Phi) is 19.2. The third-order valence-electron chi connectivity index (χ3n) is 3.29. The molecule has 1 amide bonds. The van der Waals surface area contributed by atoms with Crippen LogP contribution in [0.15, 0.2) is 36.5 Å². The lowest BCUT2D eigenvalue weighted by molar-refractivity contribution is -0.122. The molecule has 1 aromatic heterocycles. The summed E-state index contributed by atoms with van der Waals surface area (Å²) in [6.45, 7) is 17.1. The molecule has 176 valence electrons. The number of carbonyl (C=O) groups is 2. The molecule has 2 rings (SSSR count). The van der Waals surface area contributed by atoms with Gasteiger partial charge in [-0.15, -0.1) is 5.10 Å². The van der Waals surface area contributed by atoms with Gasteiger partial charge in [0, 0.05) is 5.92 Å². The number of aryl methyl sites for hydroxylation is 1. The van der Waals surface area contributed by atoms with Crippen LogP contribution in [-0.2, 0) is 22.7 Å². The lowest BCUT2D eigenvalue weighted by Gasteiger charge is -2.02. The number of amides is 1. The second-order valence-electron chi connectivity index (χ2n) is 7.72. The first-order chi connectivity index (χ1) is 14.6. The van der Waals surface area contributed by atoms with Crippen LogP contribution in [0.5, 0.6) is 0 Å². The van der Waals surface area contributed by atoms with Crippen molar-refractivity contribution in [1.29, 1.82) is 0 Å². The van der Waals surface area contributed by atoms with Crippen molar-refractivity contribution >= 4 is 11.7 Å². The molecule has 0 saturated carbocycles. The molecule has 0 unspecified atom stereocenters. The summed E-state index contributed by atoms with van der Waals surface area (Å²) in [5.74, 6) is 0.809. The van der Waals surface area contributed by atoms with Crippen molar-refractivity contribution < 1.29 is 9.59 Å². The van der Waals surface area contributed by atoms with E-state index < -0.39 is 0 Å². The van der Waals surface area contributed by atoms with E-state index in [0.29, 0.717) is 12.2 Å². The van der Waals surface area contributed by atoms with E-state index in [1.807, 2.05) is 45.9 Å². The second kappa shape index (κ2) is 19.4. The summed E-state index contributed by atoms with van der Waals surface area (Å²) in [5.41, 5.74) is 1.96. The first-order valence-electron chi connectivity index (χ1n) is 11.0. The molecule has 31 heavy (non-hydrogen) atoms. The predicted molar refractivity (Wildman–Crippen MR) is 129 cm³/mol. The molecule has 7 heteroatoms. The largest absolute Gasteiger partial charge is 0.349 e. The Morgan fingerprint density at radius 2 is 1.58 bits per heavy atom. The fourth-order valence-electron chi connectivity index (χ4n) is 1.79. The Labute approximate surface area is 189 Å². The lowest BCUT2D eigenvalue weighted by atomic mass is 10.1. The van der Waals surface area contributed by atoms with Crippen molar-refractivity contribution in [1.82, 2.24) is 25.6 Å². The fourth-order valence-corrected chi connectivity index (χ4v) is 1.79. The molecule has 7 nitrogen and oxygen atoms in total. The first kappa shape index (κ1) is 30.7. The second-order valence-corrected chi connectivity index (χ2v) is 7.72. The highest BCUT2D eigenvalue weighted by Crippen LogP contribution is 1.99. The van der Waals surface area contributed by atoms with Crippen molar-refractivity contribution in [2.24, 2.45) is 11.8 Å². The quantitative estimate of drug-likeness (QED) is 0.688. The molecular weight excluding hydrogens is 390 g/mol. The Morgan fingerprint density at radius 3 is 2.00 bits per heavy atom. The number of nitrogens with zero attached hydrogens (tertiary/aromatic N) is 3. The molecule has 2 N–H and O–H groups in total. The van der Waals surface area contributed by atoms with Crippen LogP contribution in [0.2, 0.25) is 0 Å². The Morgan fingerprint density at radius 1 is 1.03 bits per heavy atom. The molecule has 0 aliphatic heterocycles. The van der Waals surface area contributed by atoms with Gasteiger partial charge >= 0.3 is 0 Å². The number of aromatic nitrogens is 3. The Balaban J connectivity index is 0. The van der Waals surface area contributed by atoms with E-state index in [9.17, 15) is 9.59 Å². The van der Waals surface area contributed by atoms with Gasteiger partial charge < -0.3 is 10.6 Å². The van der Waals surface area contributed by atoms with E-state index in [1.54, 1.807) is 13.2 Å². The molecule has 0 radical (unpaired) electrons. The van der Waals surface area contributed by atoms with Gasteiger partial charge in [-0.2, -0.15) is 0 Å². The number of carbonyl (C=O) groups excluding carboxylic acids is 2. The zero-order chi connectivity index (χ0) is 24.2. The summed E-state index contributed by atoms with van der Waals surface area (Å²) in [7, 11) is 1.70. The molecular formula is C24H43N5O2. The van der Waals surface area contributed by atoms with Crippen LogP contribution in [-0.4, -0.2) is 40.3 Å². The summed E-state index contributed by atoms with van der Waals surface area (Å²) < 4.78 is 1.49. The predicted octanol–water partition coefficient (Wildman–Crippen LogP) is 4.02. The van der Waals surface area contributed by atoms with Crippen molar-refractivity contribution in [2.75, 3.05) is 13.6 Å².